The molecule has 0 aromatic carbocycles. The number of hydrogen-bond acceptors (Lipinski definition) is 2. The minimum absolute atomic E-state index is 0.135. The summed E-state index contributed by atoms with van der Waals surface area (Å²) in [5, 5.41) is 6.25. The summed E-state index contributed by atoms with van der Waals surface area (Å²) in [5.41, 5.74) is -0.135. The average molecular weight is 184 g/mol. The average Bonchev–Trinajstić information content (AvgIpc) is 2.51. The van der Waals surface area contributed by atoms with Gasteiger partial charge in [-0.25, -0.2) is 0 Å². The summed E-state index contributed by atoms with van der Waals surface area (Å²) in [6.45, 7) is 7.90. The predicted molar refractivity (Wildman–Crippen MR) is 53.5 cm³/mol. The van der Waals surface area contributed by atoms with Crippen LogP contribution in [0, 0.1) is 5.41 Å². The van der Waals surface area contributed by atoms with E-state index in [1.165, 1.54) is 0 Å². The Labute approximate surface area is 80.3 Å². The molecule has 1 aliphatic rings. The van der Waals surface area contributed by atoms with E-state index in [1.54, 1.807) is 0 Å². The van der Waals surface area contributed by atoms with Gasteiger partial charge in [0.05, 0.1) is 5.41 Å². The first-order valence-electron chi connectivity index (χ1n) is 5.12. The lowest BCUT2D eigenvalue weighted by molar-refractivity contribution is -0.130. The molecule has 0 spiro atoms. The highest BCUT2D eigenvalue weighted by Crippen LogP contribution is 2.29. The Balaban J connectivity index is 2.60. The van der Waals surface area contributed by atoms with E-state index in [1.807, 2.05) is 13.8 Å². The van der Waals surface area contributed by atoms with Crippen LogP contribution in [0.25, 0.3) is 0 Å². The molecular formula is C10H20N2O. The van der Waals surface area contributed by atoms with Crippen LogP contribution in [0.3, 0.4) is 0 Å². The van der Waals surface area contributed by atoms with Gasteiger partial charge < -0.3 is 10.6 Å². The molecule has 1 heterocycles. The Morgan fingerprint density at radius 1 is 1.62 bits per heavy atom. The molecule has 1 unspecified atom stereocenters. The van der Waals surface area contributed by atoms with Gasteiger partial charge in [-0.15, -0.1) is 0 Å². The molecule has 0 saturated carbocycles. The van der Waals surface area contributed by atoms with E-state index in [2.05, 4.69) is 17.6 Å². The van der Waals surface area contributed by atoms with Crippen LogP contribution in [0.1, 0.15) is 33.6 Å². The van der Waals surface area contributed by atoms with Gasteiger partial charge in [0.25, 0.3) is 0 Å². The van der Waals surface area contributed by atoms with Crippen molar-refractivity contribution in [1.29, 1.82) is 0 Å². The van der Waals surface area contributed by atoms with Crippen LogP contribution in [0.2, 0.25) is 0 Å². The Kier molecular flexibility index (Phi) is 3.31. The molecule has 0 aromatic heterocycles. The number of carbonyl (C=O) groups excluding carboxylic acids is 1. The van der Waals surface area contributed by atoms with Crippen LogP contribution >= 0.6 is 0 Å². The van der Waals surface area contributed by atoms with Crippen LogP contribution in [-0.2, 0) is 4.79 Å². The molecule has 3 nitrogen and oxygen atoms in total. The van der Waals surface area contributed by atoms with Crippen molar-refractivity contribution < 1.29 is 4.79 Å². The minimum Gasteiger partial charge on any atom is -0.353 e. The third kappa shape index (κ3) is 2.21. The molecule has 0 aliphatic carbocycles. The summed E-state index contributed by atoms with van der Waals surface area (Å²) < 4.78 is 0. The molecule has 0 aromatic rings. The van der Waals surface area contributed by atoms with Gasteiger partial charge in [0.15, 0.2) is 0 Å². The first-order chi connectivity index (χ1) is 6.10. The first kappa shape index (κ1) is 10.5. The maximum absolute atomic E-state index is 11.9. The molecular weight excluding hydrogens is 164 g/mol. The third-order valence-electron chi connectivity index (χ3n) is 2.82. The molecule has 1 atom stereocenters. The molecule has 0 bridgehead atoms. The summed E-state index contributed by atoms with van der Waals surface area (Å²) in [4.78, 5) is 11.9. The van der Waals surface area contributed by atoms with Crippen LogP contribution in [-0.4, -0.2) is 25.0 Å². The van der Waals surface area contributed by atoms with Crippen molar-refractivity contribution in [3.8, 4) is 0 Å². The van der Waals surface area contributed by atoms with Gasteiger partial charge in [-0.3, -0.25) is 4.79 Å². The number of hydrogen-bond donors (Lipinski definition) is 2. The van der Waals surface area contributed by atoms with Crippen molar-refractivity contribution in [2.45, 2.75) is 39.7 Å². The van der Waals surface area contributed by atoms with Gasteiger partial charge in [-0.05, 0) is 33.2 Å². The summed E-state index contributed by atoms with van der Waals surface area (Å²) in [5.74, 6) is 0.218. The monoisotopic (exact) mass is 184 g/mol. The van der Waals surface area contributed by atoms with Crippen molar-refractivity contribution in [3.63, 3.8) is 0 Å². The standard InChI is InChI=1S/C10H20N2O/c1-4-10(5-6-11-7-10)9(13)12-8(2)3/h8,11H,4-7H2,1-3H3,(H,12,13). The van der Waals surface area contributed by atoms with E-state index in [0.29, 0.717) is 0 Å². The van der Waals surface area contributed by atoms with Crippen molar-refractivity contribution >= 4 is 5.91 Å². The second-order valence-electron chi connectivity index (χ2n) is 4.19. The molecule has 1 fully saturated rings. The largest absolute Gasteiger partial charge is 0.353 e. The zero-order valence-electron chi connectivity index (χ0n) is 8.81. The van der Waals surface area contributed by atoms with Gasteiger partial charge >= 0.3 is 0 Å². The Morgan fingerprint density at radius 3 is 2.69 bits per heavy atom. The number of rotatable bonds is 3. The maximum atomic E-state index is 11.9. The molecule has 1 amide bonds. The minimum atomic E-state index is -0.135. The number of carbonyl (C=O) groups is 1. The highest BCUT2D eigenvalue weighted by atomic mass is 16.2. The quantitative estimate of drug-likeness (QED) is 0.684. The van der Waals surface area contributed by atoms with E-state index in [4.69, 9.17) is 0 Å². The number of amides is 1. The second-order valence-corrected chi connectivity index (χ2v) is 4.19. The molecule has 1 aliphatic heterocycles. The molecule has 13 heavy (non-hydrogen) atoms. The molecule has 0 radical (unpaired) electrons. The van der Waals surface area contributed by atoms with Gasteiger partial charge in [-0.2, -0.15) is 0 Å². The lowest BCUT2D eigenvalue weighted by atomic mass is 9.83. The van der Waals surface area contributed by atoms with Crippen molar-refractivity contribution in [1.82, 2.24) is 10.6 Å². The summed E-state index contributed by atoms with van der Waals surface area (Å²) in [7, 11) is 0. The third-order valence-corrected chi connectivity index (χ3v) is 2.82. The van der Waals surface area contributed by atoms with E-state index in [9.17, 15) is 4.79 Å². The smallest absolute Gasteiger partial charge is 0.227 e. The van der Waals surface area contributed by atoms with E-state index in [-0.39, 0.29) is 17.4 Å². The molecule has 3 heteroatoms. The van der Waals surface area contributed by atoms with Crippen LogP contribution in [0.5, 0.6) is 0 Å². The fourth-order valence-corrected chi connectivity index (χ4v) is 1.82. The maximum Gasteiger partial charge on any atom is 0.227 e. The van der Waals surface area contributed by atoms with Crippen molar-refractivity contribution in [2.24, 2.45) is 5.41 Å². The summed E-state index contributed by atoms with van der Waals surface area (Å²) >= 11 is 0. The summed E-state index contributed by atoms with van der Waals surface area (Å²) in [6, 6.07) is 0.247. The van der Waals surface area contributed by atoms with Gasteiger partial charge in [0, 0.05) is 12.6 Å². The van der Waals surface area contributed by atoms with Crippen LogP contribution in [0.15, 0.2) is 0 Å². The highest BCUT2D eigenvalue weighted by Gasteiger charge is 2.39. The fraction of sp³-hybridized carbons (Fsp3) is 0.900. The molecule has 2 N–H and O–H groups in total. The topological polar surface area (TPSA) is 41.1 Å². The molecule has 1 rings (SSSR count). The molecule has 1 saturated heterocycles. The summed E-state index contributed by atoms with van der Waals surface area (Å²) in [6.07, 6.45) is 1.90. The van der Waals surface area contributed by atoms with Gasteiger partial charge in [-0.1, -0.05) is 6.92 Å². The lowest BCUT2D eigenvalue weighted by Gasteiger charge is -2.26. The Hall–Kier alpha value is -0.570. The van der Waals surface area contributed by atoms with Crippen LogP contribution < -0.4 is 10.6 Å². The number of nitrogens with one attached hydrogen (secondary N) is 2. The fourth-order valence-electron chi connectivity index (χ4n) is 1.82. The van der Waals surface area contributed by atoms with E-state index >= 15 is 0 Å². The van der Waals surface area contributed by atoms with E-state index < -0.39 is 0 Å². The Morgan fingerprint density at radius 2 is 2.31 bits per heavy atom. The van der Waals surface area contributed by atoms with Crippen molar-refractivity contribution in [2.75, 3.05) is 13.1 Å². The zero-order chi connectivity index (χ0) is 9.90. The molecule has 76 valence electrons. The highest BCUT2D eigenvalue weighted by molar-refractivity contribution is 5.83. The normalized spacial score (nSPS) is 28.0. The zero-order valence-corrected chi connectivity index (χ0v) is 8.81. The van der Waals surface area contributed by atoms with Gasteiger partial charge in [0.1, 0.15) is 0 Å². The lowest BCUT2D eigenvalue weighted by Crippen LogP contribution is -2.44. The van der Waals surface area contributed by atoms with E-state index in [0.717, 1.165) is 25.9 Å². The van der Waals surface area contributed by atoms with Gasteiger partial charge in [0.2, 0.25) is 5.91 Å². The second kappa shape index (κ2) is 4.09. The predicted octanol–water partition coefficient (Wildman–Crippen LogP) is 0.901. The van der Waals surface area contributed by atoms with Crippen molar-refractivity contribution in [3.05, 3.63) is 0 Å². The SMILES string of the molecule is CCC1(C(=O)NC(C)C)CCNC1. The Bertz CT molecular complexity index is 183. The van der Waals surface area contributed by atoms with Crippen LogP contribution in [0.4, 0.5) is 0 Å². The first-order valence-corrected chi connectivity index (χ1v) is 5.12.